The monoisotopic (exact) mass is 577 g/mol. The van der Waals surface area contributed by atoms with Crippen molar-refractivity contribution in [2.24, 2.45) is 5.41 Å². The molecule has 0 aliphatic rings. The van der Waals surface area contributed by atoms with Crippen LogP contribution in [-0.2, 0) is 23.9 Å². The first kappa shape index (κ1) is 32.0. The molecule has 0 bridgehead atoms. The predicted octanol–water partition coefficient (Wildman–Crippen LogP) is 2.32. The summed E-state index contributed by atoms with van der Waals surface area (Å²) >= 11 is 6.03. The van der Waals surface area contributed by atoms with Crippen molar-refractivity contribution >= 4 is 46.9 Å². The van der Waals surface area contributed by atoms with E-state index < -0.39 is 60.3 Å². The molecule has 2 atom stereocenters. The van der Waals surface area contributed by atoms with Crippen LogP contribution in [0.25, 0.3) is 0 Å². The Kier molecular flexibility index (Phi) is 11.4. The molecule has 0 aliphatic carbocycles. The van der Waals surface area contributed by atoms with Crippen LogP contribution in [-0.4, -0.2) is 60.5 Å². The Bertz CT molecular complexity index is 1240. The van der Waals surface area contributed by atoms with Gasteiger partial charge in [-0.05, 0) is 36.1 Å². The Hall–Kier alpha value is -4.19. The van der Waals surface area contributed by atoms with Crippen molar-refractivity contribution < 1.29 is 33.1 Å². The molecular formula is C27H33ClFN5O6. The molecule has 2 unspecified atom stereocenters. The largest absolute Gasteiger partial charge is 0.465 e. The maximum absolute atomic E-state index is 13.5. The lowest BCUT2D eigenvalue weighted by Gasteiger charge is -2.32. The first-order valence-electron chi connectivity index (χ1n) is 12.3. The lowest BCUT2D eigenvalue weighted by molar-refractivity contribution is -0.154. The van der Waals surface area contributed by atoms with Crippen LogP contribution in [0.4, 0.5) is 10.1 Å². The van der Waals surface area contributed by atoms with Crippen molar-refractivity contribution in [2.75, 3.05) is 25.6 Å². The molecule has 0 radical (unpaired) electrons. The summed E-state index contributed by atoms with van der Waals surface area (Å²) in [5.41, 5.74) is 7.85. The van der Waals surface area contributed by atoms with E-state index in [2.05, 4.69) is 16.1 Å². The van der Waals surface area contributed by atoms with Crippen molar-refractivity contribution in [2.45, 2.75) is 39.8 Å². The van der Waals surface area contributed by atoms with Crippen LogP contribution < -0.4 is 21.8 Å². The third kappa shape index (κ3) is 8.94. The Labute approximate surface area is 236 Å². The van der Waals surface area contributed by atoms with Crippen molar-refractivity contribution in [3.8, 4) is 0 Å². The molecule has 13 heteroatoms. The predicted molar refractivity (Wildman–Crippen MR) is 146 cm³/mol. The molecule has 4 amide bonds. The molecule has 11 nitrogen and oxygen atoms in total. The topological polar surface area (TPSA) is 160 Å². The van der Waals surface area contributed by atoms with Crippen LogP contribution in [0.3, 0.4) is 0 Å². The van der Waals surface area contributed by atoms with Gasteiger partial charge in [-0.3, -0.25) is 29.4 Å². The lowest BCUT2D eigenvalue weighted by atomic mass is 9.85. The molecule has 0 spiro atoms. The van der Waals surface area contributed by atoms with Gasteiger partial charge in [0.1, 0.15) is 18.6 Å². The van der Waals surface area contributed by atoms with E-state index in [9.17, 15) is 28.4 Å². The molecule has 0 saturated heterocycles. The molecule has 216 valence electrons. The number of carbonyl (C=O) groups is 5. The SMILES string of the molecule is CCOC(=O)CN(NC(=O)C(NC(=O)C(NC(=O)c1ccc(N)c(Cl)c1)C(C)(C)C)c1ccccc1)C(=O)CF. The van der Waals surface area contributed by atoms with E-state index in [1.807, 2.05) is 0 Å². The zero-order valence-corrected chi connectivity index (χ0v) is 23.4. The second-order valence-electron chi connectivity index (χ2n) is 9.76. The molecule has 0 aliphatic heterocycles. The third-order valence-electron chi connectivity index (χ3n) is 5.60. The summed E-state index contributed by atoms with van der Waals surface area (Å²) in [6.45, 7) is 4.46. The van der Waals surface area contributed by atoms with Gasteiger partial charge in [0, 0.05) is 5.56 Å². The van der Waals surface area contributed by atoms with Crippen molar-refractivity contribution in [3.05, 3.63) is 64.7 Å². The molecule has 0 saturated carbocycles. The smallest absolute Gasteiger partial charge is 0.327 e. The van der Waals surface area contributed by atoms with E-state index in [-0.39, 0.29) is 22.9 Å². The number of carbonyl (C=O) groups excluding carboxylic acids is 5. The fourth-order valence-corrected chi connectivity index (χ4v) is 3.71. The number of nitrogens with zero attached hydrogens (tertiary/aromatic N) is 1. The van der Waals surface area contributed by atoms with Crippen LogP contribution in [0.5, 0.6) is 0 Å². The van der Waals surface area contributed by atoms with Crippen LogP contribution in [0, 0.1) is 5.41 Å². The van der Waals surface area contributed by atoms with Gasteiger partial charge in [-0.2, -0.15) is 0 Å². The third-order valence-corrected chi connectivity index (χ3v) is 5.93. The van der Waals surface area contributed by atoms with Crippen molar-refractivity contribution in [1.29, 1.82) is 0 Å². The number of esters is 1. The second-order valence-corrected chi connectivity index (χ2v) is 10.2. The highest BCUT2D eigenvalue weighted by Gasteiger charge is 2.36. The molecule has 2 aromatic rings. The van der Waals surface area contributed by atoms with E-state index >= 15 is 0 Å². The van der Waals surface area contributed by atoms with Crippen LogP contribution in [0.15, 0.2) is 48.5 Å². The van der Waals surface area contributed by atoms with E-state index in [0.29, 0.717) is 10.6 Å². The van der Waals surface area contributed by atoms with E-state index in [1.54, 1.807) is 58.0 Å². The van der Waals surface area contributed by atoms with Gasteiger partial charge in [-0.1, -0.05) is 62.7 Å². The van der Waals surface area contributed by atoms with Crippen LogP contribution >= 0.6 is 11.6 Å². The lowest BCUT2D eigenvalue weighted by Crippen LogP contribution is -2.57. The van der Waals surface area contributed by atoms with E-state index in [0.717, 1.165) is 0 Å². The maximum Gasteiger partial charge on any atom is 0.327 e. The maximum atomic E-state index is 13.5. The summed E-state index contributed by atoms with van der Waals surface area (Å²) in [6.07, 6.45) is 0. The fourth-order valence-electron chi connectivity index (χ4n) is 3.52. The number of ether oxygens (including phenoxy) is 1. The number of hydrogen-bond acceptors (Lipinski definition) is 7. The quantitative estimate of drug-likeness (QED) is 0.191. The zero-order chi connectivity index (χ0) is 30.0. The van der Waals surface area contributed by atoms with Gasteiger partial charge in [0.15, 0.2) is 6.67 Å². The fraction of sp³-hybridized carbons (Fsp3) is 0.370. The summed E-state index contributed by atoms with van der Waals surface area (Å²) in [4.78, 5) is 63.8. The van der Waals surface area contributed by atoms with Gasteiger partial charge in [0.25, 0.3) is 17.7 Å². The minimum atomic E-state index is -1.49. The number of amides is 4. The summed E-state index contributed by atoms with van der Waals surface area (Å²) in [5, 5.41) is 5.91. The number of nitrogens with one attached hydrogen (secondary N) is 3. The van der Waals surface area contributed by atoms with Crippen molar-refractivity contribution in [1.82, 2.24) is 21.1 Å². The Morgan fingerprint density at radius 1 is 1.02 bits per heavy atom. The standard InChI is InChI=1S/C27H33ClFN5O6/c1-5-40-21(36)15-34(20(35)14-29)33-25(38)22(16-9-7-6-8-10-16)31-26(39)23(27(2,3)4)32-24(37)17-11-12-19(30)18(28)13-17/h6-13,22-23H,5,14-15,30H2,1-4H3,(H,31,39)(H,32,37)(H,33,38). The zero-order valence-electron chi connectivity index (χ0n) is 22.6. The highest BCUT2D eigenvalue weighted by molar-refractivity contribution is 6.33. The minimum absolute atomic E-state index is 0.00954. The first-order valence-corrected chi connectivity index (χ1v) is 12.7. The summed E-state index contributed by atoms with van der Waals surface area (Å²) in [7, 11) is 0. The summed E-state index contributed by atoms with van der Waals surface area (Å²) < 4.78 is 18.0. The van der Waals surface area contributed by atoms with Crippen LogP contribution in [0.2, 0.25) is 5.02 Å². The summed E-state index contributed by atoms with van der Waals surface area (Å²) in [6, 6.07) is 9.79. The number of nitrogens with two attached hydrogens (primary N) is 1. The average molecular weight is 578 g/mol. The molecule has 0 fully saturated rings. The minimum Gasteiger partial charge on any atom is -0.465 e. The van der Waals surface area contributed by atoms with Gasteiger partial charge in [-0.15, -0.1) is 0 Å². The molecule has 5 N–H and O–H groups in total. The van der Waals surface area contributed by atoms with E-state index in [4.69, 9.17) is 22.1 Å². The number of halogens is 2. The molecule has 0 heterocycles. The highest BCUT2D eigenvalue weighted by atomic mass is 35.5. The first-order chi connectivity index (χ1) is 18.8. The second kappa shape index (κ2) is 14.3. The van der Waals surface area contributed by atoms with Gasteiger partial charge in [-0.25, -0.2) is 9.40 Å². The number of hydrogen-bond donors (Lipinski definition) is 4. The van der Waals surface area contributed by atoms with Crippen LogP contribution in [0.1, 0.15) is 49.7 Å². The molecule has 2 rings (SSSR count). The van der Waals surface area contributed by atoms with Gasteiger partial charge in [0.2, 0.25) is 5.91 Å². The number of hydrazine groups is 1. The number of benzene rings is 2. The van der Waals surface area contributed by atoms with Gasteiger partial charge < -0.3 is 21.1 Å². The Morgan fingerprint density at radius 3 is 2.23 bits per heavy atom. The Balaban J connectivity index is 2.34. The average Bonchev–Trinajstić information content (AvgIpc) is 2.90. The summed E-state index contributed by atoms with van der Waals surface area (Å²) in [5.74, 6) is -4.33. The van der Waals surface area contributed by atoms with Gasteiger partial charge in [0.05, 0.1) is 17.3 Å². The molecule has 2 aromatic carbocycles. The normalized spacial score (nSPS) is 12.4. The molecule has 0 aromatic heterocycles. The number of nitrogen functional groups attached to an aromatic ring is 1. The van der Waals surface area contributed by atoms with Gasteiger partial charge >= 0.3 is 5.97 Å². The molecule has 40 heavy (non-hydrogen) atoms. The number of rotatable bonds is 10. The number of anilines is 1. The highest BCUT2D eigenvalue weighted by Crippen LogP contribution is 2.24. The number of alkyl halides is 1. The Morgan fingerprint density at radius 2 is 1.68 bits per heavy atom. The molecular weight excluding hydrogens is 545 g/mol. The van der Waals surface area contributed by atoms with E-state index in [1.165, 1.54) is 18.2 Å². The van der Waals surface area contributed by atoms with Crippen molar-refractivity contribution in [3.63, 3.8) is 0 Å².